The second-order valence-corrected chi connectivity index (χ2v) is 6.94. The van der Waals surface area contributed by atoms with E-state index in [1.165, 1.54) is 24.3 Å². The van der Waals surface area contributed by atoms with Crippen LogP contribution in [0.5, 0.6) is 0 Å². The van der Waals surface area contributed by atoms with Crippen molar-refractivity contribution in [3.63, 3.8) is 0 Å². The molecule has 1 aromatic carbocycles. The summed E-state index contributed by atoms with van der Waals surface area (Å²) >= 11 is 3.20. The van der Waals surface area contributed by atoms with Crippen LogP contribution < -0.4 is 4.72 Å². The molecule has 21 heavy (non-hydrogen) atoms. The van der Waals surface area contributed by atoms with Gasteiger partial charge in [0.1, 0.15) is 6.61 Å². The molecule has 0 bridgehead atoms. The molecule has 0 aliphatic rings. The summed E-state index contributed by atoms with van der Waals surface area (Å²) < 4.78 is 31.8. The number of benzene rings is 1. The highest BCUT2D eigenvalue weighted by Crippen LogP contribution is 2.22. The van der Waals surface area contributed by atoms with E-state index in [4.69, 9.17) is 4.74 Å². The molecule has 0 amide bonds. The summed E-state index contributed by atoms with van der Waals surface area (Å²) in [6.45, 7) is 8.98. The minimum atomic E-state index is -3.69. The first-order valence-electron chi connectivity index (χ1n) is 5.99. The molecule has 0 atom stereocenters. The fourth-order valence-electron chi connectivity index (χ4n) is 1.35. The van der Waals surface area contributed by atoms with Gasteiger partial charge in [0.15, 0.2) is 0 Å². The lowest BCUT2D eigenvalue weighted by Gasteiger charge is -2.09. The lowest BCUT2D eigenvalue weighted by Crippen LogP contribution is -2.24. The van der Waals surface area contributed by atoms with Crippen LogP contribution in [0.15, 0.2) is 52.4 Å². The molecule has 1 rings (SSSR count). The molecule has 0 saturated heterocycles. The zero-order valence-electron chi connectivity index (χ0n) is 11.6. The smallest absolute Gasteiger partial charge is 0.339 e. The van der Waals surface area contributed by atoms with Crippen molar-refractivity contribution >= 4 is 31.9 Å². The van der Waals surface area contributed by atoms with Crippen LogP contribution in [0.4, 0.5) is 0 Å². The van der Waals surface area contributed by atoms with Crippen LogP contribution in [0.25, 0.3) is 0 Å². The summed E-state index contributed by atoms with van der Waals surface area (Å²) in [6, 6.07) is 4.14. The Balaban J connectivity index is 3.07. The number of nitrogens with one attached hydrogen (secondary N) is 1. The maximum atomic E-state index is 12.0. The van der Waals surface area contributed by atoms with Gasteiger partial charge in [-0.15, -0.1) is 6.58 Å². The van der Waals surface area contributed by atoms with E-state index in [1.54, 1.807) is 6.92 Å². The summed E-state index contributed by atoms with van der Waals surface area (Å²) in [5.74, 6) is -0.620. The lowest BCUT2D eigenvalue weighted by atomic mass is 10.2. The van der Waals surface area contributed by atoms with E-state index >= 15 is 0 Å². The van der Waals surface area contributed by atoms with Gasteiger partial charge in [-0.1, -0.05) is 12.7 Å². The van der Waals surface area contributed by atoms with E-state index in [0.717, 1.165) is 0 Å². The predicted molar refractivity (Wildman–Crippen MR) is 84.6 cm³/mol. The van der Waals surface area contributed by atoms with Crippen molar-refractivity contribution < 1.29 is 17.9 Å². The normalized spacial score (nSPS) is 11.0. The summed E-state index contributed by atoms with van der Waals surface area (Å²) in [5, 5.41) is 0. The fraction of sp³-hybridized carbons (Fsp3) is 0.214. The Bertz CT molecular complexity index is 668. The molecule has 0 radical (unpaired) electrons. The molecule has 7 heteroatoms. The quantitative estimate of drug-likeness (QED) is 0.588. The summed E-state index contributed by atoms with van der Waals surface area (Å²) in [7, 11) is -3.69. The Kier molecular flexibility index (Phi) is 6.32. The van der Waals surface area contributed by atoms with Crippen LogP contribution in [0.3, 0.4) is 0 Å². The molecular formula is C14H16BrNO4S. The third kappa shape index (κ3) is 5.11. The molecule has 0 unspecified atom stereocenters. The van der Waals surface area contributed by atoms with Crippen LogP contribution in [-0.2, 0) is 14.8 Å². The molecule has 0 aliphatic carbocycles. The number of ether oxygens (including phenoxy) is 1. The number of rotatable bonds is 7. The Morgan fingerprint density at radius 3 is 2.71 bits per heavy atom. The first-order chi connectivity index (χ1) is 9.77. The summed E-state index contributed by atoms with van der Waals surface area (Å²) in [4.78, 5) is 11.9. The number of carbonyl (C=O) groups excluding carboxylic acids is 1. The highest BCUT2D eigenvalue weighted by molar-refractivity contribution is 9.10. The van der Waals surface area contributed by atoms with Crippen LogP contribution in [0.1, 0.15) is 17.3 Å². The predicted octanol–water partition coefficient (Wildman–Crippen LogP) is 2.65. The highest BCUT2D eigenvalue weighted by atomic mass is 79.9. The van der Waals surface area contributed by atoms with Crippen LogP contribution in [-0.4, -0.2) is 27.5 Å². The molecule has 1 N–H and O–H groups in total. The number of carbonyl (C=O) groups is 1. The van der Waals surface area contributed by atoms with Crippen LogP contribution in [0.2, 0.25) is 0 Å². The second-order valence-electron chi connectivity index (χ2n) is 4.32. The minimum Gasteiger partial charge on any atom is -0.458 e. The van der Waals surface area contributed by atoms with Gasteiger partial charge in [0.2, 0.25) is 10.0 Å². The first-order valence-corrected chi connectivity index (χ1v) is 8.27. The lowest BCUT2D eigenvalue weighted by molar-refractivity contribution is 0.0539. The third-order valence-corrected chi connectivity index (χ3v) is 4.45. The van der Waals surface area contributed by atoms with Crippen LogP contribution in [0, 0.1) is 0 Å². The van der Waals surface area contributed by atoms with E-state index in [0.29, 0.717) is 10.0 Å². The highest BCUT2D eigenvalue weighted by Gasteiger charge is 2.18. The fourth-order valence-corrected chi connectivity index (χ4v) is 2.78. The average Bonchev–Trinajstić information content (AvgIpc) is 2.42. The minimum absolute atomic E-state index is 0.0187. The molecule has 114 valence electrons. The molecule has 0 saturated carbocycles. The Hall–Kier alpha value is -1.44. The topological polar surface area (TPSA) is 72.5 Å². The Labute approximate surface area is 132 Å². The van der Waals surface area contributed by atoms with Crippen molar-refractivity contribution in [2.24, 2.45) is 0 Å². The van der Waals surface area contributed by atoms with Gasteiger partial charge in [-0.05, 0) is 46.6 Å². The summed E-state index contributed by atoms with van der Waals surface area (Å²) in [5.41, 5.74) is 0.827. The van der Waals surface area contributed by atoms with Gasteiger partial charge in [0.25, 0.3) is 0 Å². The second kappa shape index (κ2) is 7.53. The van der Waals surface area contributed by atoms with Crippen molar-refractivity contribution in [3.8, 4) is 0 Å². The molecule has 0 aromatic heterocycles. The number of hydrogen-bond acceptors (Lipinski definition) is 4. The van der Waals surface area contributed by atoms with Crippen molar-refractivity contribution in [3.05, 3.63) is 53.0 Å². The van der Waals surface area contributed by atoms with Gasteiger partial charge in [-0.25, -0.2) is 17.9 Å². The largest absolute Gasteiger partial charge is 0.458 e. The standard InChI is InChI=1S/C14H16BrNO4S/c1-4-7-16-21(18,19)11-5-6-13(15)12(8-11)14(17)20-9-10(2)3/h4-6,8,16H,1-2,7,9H2,3H3. The van der Waals surface area contributed by atoms with Crippen molar-refractivity contribution in [1.82, 2.24) is 4.72 Å². The number of halogens is 1. The molecule has 0 heterocycles. The zero-order valence-corrected chi connectivity index (χ0v) is 14.0. The van der Waals surface area contributed by atoms with Gasteiger partial charge >= 0.3 is 5.97 Å². The zero-order chi connectivity index (χ0) is 16.0. The Morgan fingerprint density at radius 2 is 2.14 bits per heavy atom. The first kappa shape index (κ1) is 17.6. The average molecular weight is 374 g/mol. The molecule has 0 fully saturated rings. The molecule has 5 nitrogen and oxygen atoms in total. The van der Waals surface area contributed by atoms with E-state index < -0.39 is 16.0 Å². The maximum Gasteiger partial charge on any atom is 0.339 e. The maximum absolute atomic E-state index is 12.0. The van der Waals surface area contributed by atoms with Gasteiger partial charge in [0.05, 0.1) is 10.5 Å². The number of hydrogen-bond donors (Lipinski definition) is 1. The van der Waals surface area contributed by atoms with E-state index in [1.807, 2.05) is 0 Å². The summed E-state index contributed by atoms with van der Waals surface area (Å²) in [6.07, 6.45) is 1.43. The van der Waals surface area contributed by atoms with Crippen LogP contribution >= 0.6 is 15.9 Å². The SMILES string of the molecule is C=CCNS(=O)(=O)c1ccc(Br)c(C(=O)OCC(=C)C)c1. The van der Waals surface area contributed by atoms with Crippen molar-refractivity contribution in [1.29, 1.82) is 0 Å². The third-order valence-electron chi connectivity index (χ3n) is 2.34. The number of esters is 1. The monoisotopic (exact) mass is 373 g/mol. The number of sulfonamides is 1. The van der Waals surface area contributed by atoms with E-state index in [2.05, 4.69) is 33.8 Å². The van der Waals surface area contributed by atoms with Gasteiger partial charge in [-0.3, -0.25) is 0 Å². The van der Waals surface area contributed by atoms with Crippen molar-refractivity contribution in [2.45, 2.75) is 11.8 Å². The van der Waals surface area contributed by atoms with E-state index in [9.17, 15) is 13.2 Å². The van der Waals surface area contributed by atoms with Gasteiger partial charge in [0, 0.05) is 11.0 Å². The molecule has 0 aliphatic heterocycles. The van der Waals surface area contributed by atoms with E-state index in [-0.39, 0.29) is 23.6 Å². The molecule has 0 spiro atoms. The molecule has 1 aromatic rings. The van der Waals surface area contributed by atoms with Gasteiger partial charge in [-0.2, -0.15) is 0 Å². The van der Waals surface area contributed by atoms with Crippen molar-refractivity contribution in [2.75, 3.05) is 13.2 Å². The Morgan fingerprint density at radius 1 is 1.48 bits per heavy atom. The molecular weight excluding hydrogens is 358 g/mol. The van der Waals surface area contributed by atoms with Gasteiger partial charge < -0.3 is 4.74 Å².